The van der Waals surface area contributed by atoms with Crippen molar-refractivity contribution in [2.45, 2.75) is 40.2 Å². The molecule has 0 aliphatic heterocycles. The number of carbonyl (C=O) groups excluding carboxylic acids is 1. The molecular formula is C20H26N2O3S. The van der Waals surface area contributed by atoms with E-state index < -0.39 is 10.0 Å². The summed E-state index contributed by atoms with van der Waals surface area (Å²) in [5.41, 5.74) is 5.13. The van der Waals surface area contributed by atoms with Crippen molar-refractivity contribution in [1.29, 1.82) is 0 Å². The van der Waals surface area contributed by atoms with Gasteiger partial charge < -0.3 is 5.32 Å². The zero-order valence-corrected chi connectivity index (χ0v) is 16.7. The molecule has 0 unspecified atom stereocenters. The lowest BCUT2D eigenvalue weighted by molar-refractivity contribution is 0.0935. The number of sulfonamides is 1. The second kappa shape index (κ2) is 7.91. The molecule has 140 valence electrons. The Morgan fingerprint density at radius 3 is 2.27 bits per heavy atom. The van der Waals surface area contributed by atoms with Gasteiger partial charge in [0.25, 0.3) is 5.91 Å². The van der Waals surface area contributed by atoms with Crippen molar-refractivity contribution < 1.29 is 13.2 Å². The maximum Gasteiger partial charge on any atom is 0.251 e. The van der Waals surface area contributed by atoms with Crippen molar-refractivity contribution in [3.05, 3.63) is 64.2 Å². The van der Waals surface area contributed by atoms with E-state index in [9.17, 15) is 13.2 Å². The summed E-state index contributed by atoms with van der Waals surface area (Å²) in [6, 6.07) is 11.1. The summed E-state index contributed by atoms with van der Waals surface area (Å²) in [6.45, 7) is 7.90. The Hall–Kier alpha value is -2.34. The predicted octanol–water partition coefficient (Wildman–Crippen LogP) is 3.86. The van der Waals surface area contributed by atoms with Crippen LogP contribution in [-0.4, -0.2) is 20.6 Å². The van der Waals surface area contributed by atoms with Gasteiger partial charge in [0, 0.05) is 5.56 Å². The highest BCUT2D eigenvalue weighted by molar-refractivity contribution is 7.92. The zero-order valence-electron chi connectivity index (χ0n) is 15.9. The monoisotopic (exact) mass is 374 g/mol. The van der Waals surface area contributed by atoms with E-state index in [0.29, 0.717) is 16.8 Å². The Bertz CT molecular complexity index is 921. The number of carbonyl (C=O) groups is 1. The van der Waals surface area contributed by atoms with Crippen LogP contribution in [0.15, 0.2) is 36.4 Å². The van der Waals surface area contributed by atoms with Crippen molar-refractivity contribution in [2.75, 3.05) is 11.0 Å². The van der Waals surface area contributed by atoms with Crippen LogP contribution in [0.2, 0.25) is 0 Å². The van der Waals surface area contributed by atoms with Gasteiger partial charge in [-0.3, -0.25) is 9.52 Å². The van der Waals surface area contributed by atoms with E-state index in [1.165, 1.54) is 5.56 Å². The van der Waals surface area contributed by atoms with Gasteiger partial charge in [0.1, 0.15) is 0 Å². The van der Waals surface area contributed by atoms with Gasteiger partial charge in [-0.2, -0.15) is 0 Å². The fraction of sp³-hybridized carbons (Fsp3) is 0.350. The number of rotatable bonds is 6. The van der Waals surface area contributed by atoms with Gasteiger partial charge >= 0.3 is 0 Å². The van der Waals surface area contributed by atoms with Crippen molar-refractivity contribution >= 4 is 21.6 Å². The van der Waals surface area contributed by atoms with Crippen LogP contribution in [0.5, 0.6) is 0 Å². The van der Waals surface area contributed by atoms with E-state index in [4.69, 9.17) is 0 Å². The van der Waals surface area contributed by atoms with Crippen LogP contribution in [0.4, 0.5) is 5.69 Å². The first kappa shape index (κ1) is 20.0. The number of aryl methyl sites for hydroxylation is 3. The smallest absolute Gasteiger partial charge is 0.251 e. The van der Waals surface area contributed by atoms with E-state index >= 15 is 0 Å². The molecule has 0 heterocycles. The van der Waals surface area contributed by atoms with Gasteiger partial charge in [0.05, 0.1) is 18.0 Å². The molecule has 0 spiro atoms. The minimum Gasteiger partial charge on any atom is -0.345 e. The van der Waals surface area contributed by atoms with E-state index in [1.807, 2.05) is 26.8 Å². The van der Waals surface area contributed by atoms with Crippen molar-refractivity contribution in [3.63, 3.8) is 0 Å². The molecule has 2 aromatic rings. The summed E-state index contributed by atoms with van der Waals surface area (Å²) >= 11 is 0. The SMILES string of the molecule is CC[C@H](NC(=O)c1ccc(NS(C)(=O)=O)c(C)c1)c1ccc(C)cc1C. The molecule has 5 nitrogen and oxygen atoms in total. The van der Waals surface area contributed by atoms with E-state index in [-0.39, 0.29) is 11.9 Å². The standard InChI is InChI=1S/C20H26N2O3S/c1-6-18(17-9-7-13(2)11-14(17)3)21-20(23)16-8-10-19(15(4)12-16)22-26(5,24)25/h7-12,18,22H,6H2,1-5H3,(H,21,23)/t18-/m0/s1. The maximum atomic E-state index is 12.7. The van der Waals surface area contributed by atoms with Crippen molar-refractivity contribution in [3.8, 4) is 0 Å². The summed E-state index contributed by atoms with van der Waals surface area (Å²) in [5, 5.41) is 3.08. The van der Waals surface area contributed by atoms with E-state index in [2.05, 4.69) is 22.2 Å². The van der Waals surface area contributed by atoms with Crippen LogP contribution in [0.1, 0.15) is 52.0 Å². The molecule has 2 aromatic carbocycles. The lowest BCUT2D eigenvalue weighted by Crippen LogP contribution is -2.28. The maximum absolute atomic E-state index is 12.7. The number of benzene rings is 2. The van der Waals surface area contributed by atoms with Crippen LogP contribution in [0.25, 0.3) is 0 Å². The lowest BCUT2D eigenvalue weighted by atomic mass is 9.97. The molecule has 26 heavy (non-hydrogen) atoms. The Morgan fingerprint density at radius 1 is 1.04 bits per heavy atom. The van der Waals surface area contributed by atoms with Gasteiger partial charge in [0.15, 0.2) is 0 Å². The third kappa shape index (κ3) is 5.08. The van der Waals surface area contributed by atoms with Crippen LogP contribution < -0.4 is 10.0 Å². The predicted molar refractivity (Wildman–Crippen MR) is 106 cm³/mol. The molecule has 2 rings (SSSR count). The fourth-order valence-electron chi connectivity index (χ4n) is 2.98. The van der Waals surface area contributed by atoms with Crippen LogP contribution in [-0.2, 0) is 10.0 Å². The molecular weight excluding hydrogens is 348 g/mol. The molecule has 0 radical (unpaired) electrons. The fourth-order valence-corrected chi connectivity index (χ4v) is 3.61. The Kier molecular flexibility index (Phi) is 6.08. The molecule has 1 atom stereocenters. The third-order valence-corrected chi connectivity index (χ3v) is 4.89. The number of hydrogen-bond donors (Lipinski definition) is 2. The molecule has 1 amide bonds. The normalized spacial score (nSPS) is 12.5. The number of hydrogen-bond acceptors (Lipinski definition) is 3. The molecule has 0 saturated carbocycles. The highest BCUT2D eigenvalue weighted by Crippen LogP contribution is 2.23. The van der Waals surface area contributed by atoms with Crippen molar-refractivity contribution in [2.24, 2.45) is 0 Å². The summed E-state index contributed by atoms with van der Waals surface area (Å²) in [4.78, 5) is 12.7. The average molecular weight is 375 g/mol. The minimum atomic E-state index is -3.35. The highest BCUT2D eigenvalue weighted by atomic mass is 32.2. The van der Waals surface area contributed by atoms with Gasteiger partial charge in [-0.25, -0.2) is 8.42 Å². The van der Waals surface area contributed by atoms with Crippen LogP contribution >= 0.6 is 0 Å². The highest BCUT2D eigenvalue weighted by Gasteiger charge is 2.17. The van der Waals surface area contributed by atoms with E-state index in [0.717, 1.165) is 23.8 Å². The number of nitrogens with one attached hydrogen (secondary N) is 2. The molecule has 2 N–H and O–H groups in total. The molecule has 0 bridgehead atoms. The topological polar surface area (TPSA) is 75.3 Å². The summed E-state index contributed by atoms with van der Waals surface area (Å²) in [7, 11) is -3.35. The second-order valence-corrected chi connectivity index (χ2v) is 8.45. The largest absolute Gasteiger partial charge is 0.345 e. The first-order valence-corrected chi connectivity index (χ1v) is 10.5. The van der Waals surface area contributed by atoms with Crippen LogP contribution in [0.3, 0.4) is 0 Å². The number of anilines is 1. The van der Waals surface area contributed by atoms with Gasteiger partial charge in [0.2, 0.25) is 10.0 Å². The average Bonchev–Trinajstić information content (AvgIpc) is 2.53. The molecule has 0 saturated heterocycles. The Labute approximate surface area is 155 Å². The molecule has 0 aromatic heterocycles. The second-order valence-electron chi connectivity index (χ2n) is 6.70. The minimum absolute atomic E-state index is 0.0720. The van der Waals surface area contributed by atoms with Gasteiger partial charge in [-0.15, -0.1) is 0 Å². The summed E-state index contributed by atoms with van der Waals surface area (Å²) < 4.78 is 25.2. The summed E-state index contributed by atoms with van der Waals surface area (Å²) in [5.74, 6) is -0.175. The zero-order chi connectivity index (χ0) is 19.5. The molecule has 0 aliphatic carbocycles. The van der Waals surface area contributed by atoms with Gasteiger partial charge in [-0.05, 0) is 62.1 Å². The van der Waals surface area contributed by atoms with Crippen LogP contribution in [0, 0.1) is 20.8 Å². The quantitative estimate of drug-likeness (QED) is 0.806. The Morgan fingerprint density at radius 2 is 1.73 bits per heavy atom. The van der Waals surface area contributed by atoms with Crippen molar-refractivity contribution in [1.82, 2.24) is 5.32 Å². The third-order valence-electron chi connectivity index (χ3n) is 4.30. The molecule has 0 aliphatic rings. The number of amides is 1. The molecule has 0 fully saturated rings. The van der Waals surface area contributed by atoms with Gasteiger partial charge in [-0.1, -0.05) is 30.7 Å². The molecule has 6 heteroatoms. The summed E-state index contributed by atoms with van der Waals surface area (Å²) in [6.07, 6.45) is 1.88. The first-order valence-electron chi connectivity index (χ1n) is 8.57. The first-order chi connectivity index (χ1) is 12.1. The lowest BCUT2D eigenvalue weighted by Gasteiger charge is -2.20. The Balaban J connectivity index is 2.21. The van der Waals surface area contributed by atoms with E-state index in [1.54, 1.807) is 25.1 Å².